The molecule has 1 saturated carbocycles. The number of aryl methyl sites for hydroxylation is 1. The van der Waals surface area contributed by atoms with Crippen LogP contribution in [0.5, 0.6) is 0 Å². The van der Waals surface area contributed by atoms with Crippen LogP contribution in [0.2, 0.25) is 5.02 Å². The largest absolute Gasteiger partial charge is 0.431 e. The third-order valence-electron chi connectivity index (χ3n) is 4.36. The predicted octanol–water partition coefficient (Wildman–Crippen LogP) is 4.44. The molecule has 3 rings (SSSR count). The summed E-state index contributed by atoms with van der Waals surface area (Å²) in [7, 11) is 0. The fraction of sp³-hybridized carbons (Fsp3) is 0.368. The highest BCUT2D eigenvalue weighted by atomic mass is 35.5. The van der Waals surface area contributed by atoms with E-state index in [2.05, 4.69) is 26.1 Å². The van der Waals surface area contributed by atoms with E-state index in [-0.39, 0.29) is 11.7 Å². The number of anilines is 3. The molecule has 3 N–H and O–H groups in total. The highest BCUT2D eigenvalue weighted by Gasteiger charge is 2.16. The van der Waals surface area contributed by atoms with Gasteiger partial charge in [0.1, 0.15) is 11.9 Å². The van der Waals surface area contributed by atoms with Crippen LogP contribution >= 0.6 is 11.6 Å². The van der Waals surface area contributed by atoms with Crippen molar-refractivity contribution in [3.05, 3.63) is 40.8 Å². The van der Waals surface area contributed by atoms with Gasteiger partial charge in [0.2, 0.25) is 0 Å². The zero-order valence-electron chi connectivity index (χ0n) is 15.5. The van der Waals surface area contributed by atoms with E-state index in [9.17, 15) is 10.1 Å². The Labute approximate surface area is 168 Å². The monoisotopic (exact) mass is 400 g/mol. The summed E-state index contributed by atoms with van der Waals surface area (Å²) in [6, 6.07) is 7.14. The molecule has 146 valence electrons. The van der Waals surface area contributed by atoms with Crippen molar-refractivity contribution in [1.82, 2.24) is 15.3 Å². The molecule has 0 spiro atoms. The Hall–Kier alpha value is -3.05. The lowest BCUT2D eigenvalue weighted by atomic mass is 9.96. The highest BCUT2D eigenvalue weighted by molar-refractivity contribution is 6.30. The quantitative estimate of drug-likeness (QED) is 0.636. The lowest BCUT2D eigenvalue weighted by Crippen LogP contribution is -2.37. The molecule has 1 fully saturated rings. The molecule has 0 bridgehead atoms. The summed E-state index contributed by atoms with van der Waals surface area (Å²) >= 11 is 6.05. The zero-order valence-corrected chi connectivity index (χ0v) is 16.2. The van der Waals surface area contributed by atoms with E-state index in [1.165, 1.54) is 12.6 Å². The molecule has 9 heteroatoms. The van der Waals surface area contributed by atoms with E-state index < -0.39 is 6.09 Å². The molecule has 8 nitrogen and oxygen atoms in total. The molecule has 1 amide bonds. The maximum absolute atomic E-state index is 11.9. The van der Waals surface area contributed by atoms with Crippen LogP contribution in [-0.2, 0) is 4.84 Å². The molecule has 0 saturated heterocycles. The second kappa shape index (κ2) is 9.24. The fourth-order valence-electron chi connectivity index (χ4n) is 3.08. The van der Waals surface area contributed by atoms with Crippen molar-refractivity contribution >= 4 is 34.9 Å². The van der Waals surface area contributed by atoms with Gasteiger partial charge in [0, 0.05) is 16.8 Å². The van der Waals surface area contributed by atoms with Crippen LogP contribution in [0.4, 0.5) is 22.0 Å². The molecule has 2 aromatic rings. The van der Waals surface area contributed by atoms with E-state index >= 15 is 0 Å². The summed E-state index contributed by atoms with van der Waals surface area (Å²) in [6.45, 7) is 1.82. The van der Waals surface area contributed by atoms with Crippen molar-refractivity contribution in [1.29, 1.82) is 5.26 Å². The van der Waals surface area contributed by atoms with Crippen molar-refractivity contribution in [2.75, 3.05) is 10.8 Å². The number of pyridine rings is 2. The normalized spacial score (nSPS) is 14.0. The Morgan fingerprint density at radius 3 is 2.79 bits per heavy atom. The fourth-order valence-corrected chi connectivity index (χ4v) is 3.34. The second-order valence-electron chi connectivity index (χ2n) is 6.64. The molecule has 0 atom stereocenters. The lowest BCUT2D eigenvalue weighted by Gasteiger charge is -2.22. The first-order valence-electron chi connectivity index (χ1n) is 9.08. The van der Waals surface area contributed by atoms with Gasteiger partial charge in [-0.1, -0.05) is 30.9 Å². The molecule has 2 aromatic heterocycles. The smallest absolute Gasteiger partial charge is 0.338 e. The first kappa shape index (κ1) is 19.7. The van der Waals surface area contributed by atoms with E-state index in [1.54, 1.807) is 18.2 Å². The Morgan fingerprint density at radius 1 is 1.29 bits per heavy atom. The molecule has 28 heavy (non-hydrogen) atoms. The Bertz CT molecular complexity index is 872. The zero-order chi connectivity index (χ0) is 19.9. The van der Waals surface area contributed by atoms with Crippen LogP contribution in [0.25, 0.3) is 0 Å². The van der Waals surface area contributed by atoms with Gasteiger partial charge in [-0.15, -0.1) is 0 Å². The number of halogens is 1. The van der Waals surface area contributed by atoms with Crippen LogP contribution in [-0.4, -0.2) is 22.1 Å². The molecular weight excluding hydrogens is 380 g/mol. The summed E-state index contributed by atoms with van der Waals surface area (Å²) in [5.41, 5.74) is 4.31. The van der Waals surface area contributed by atoms with Crippen LogP contribution in [0, 0.1) is 18.3 Å². The third-order valence-corrected chi connectivity index (χ3v) is 4.58. The SMILES string of the molecule is Cc1cc(Cl)cc(Nc2cc(NOC(=O)NC3CCCCC3)cnc2C#N)n1. The number of carbonyl (C=O) groups is 1. The van der Waals surface area contributed by atoms with Crippen molar-refractivity contribution in [3.63, 3.8) is 0 Å². The summed E-state index contributed by atoms with van der Waals surface area (Å²) in [6.07, 6.45) is 6.24. The van der Waals surface area contributed by atoms with Gasteiger partial charge in [0.05, 0.1) is 17.6 Å². The van der Waals surface area contributed by atoms with Crippen molar-refractivity contribution in [2.45, 2.75) is 45.1 Å². The van der Waals surface area contributed by atoms with Gasteiger partial charge >= 0.3 is 6.09 Å². The number of aromatic nitrogens is 2. The minimum atomic E-state index is -0.544. The first-order chi connectivity index (χ1) is 13.5. The van der Waals surface area contributed by atoms with Crippen LogP contribution in [0.3, 0.4) is 0 Å². The average molecular weight is 401 g/mol. The van der Waals surface area contributed by atoms with E-state index in [0.717, 1.165) is 31.4 Å². The topological polar surface area (TPSA) is 112 Å². The molecule has 0 aromatic carbocycles. The average Bonchev–Trinajstić information content (AvgIpc) is 2.66. The first-order valence-corrected chi connectivity index (χ1v) is 9.46. The molecule has 1 aliphatic rings. The number of amides is 1. The van der Waals surface area contributed by atoms with Gasteiger partial charge in [-0.05, 0) is 38.0 Å². The van der Waals surface area contributed by atoms with E-state index in [1.807, 2.05) is 13.0 Å². The number of hydrogen-bond donors (Lipinski definition) is 3. The Kier molecular flexibility index (Phi) is 6.50. The Morgan fingerprint density at radius 2 is 2.07 bits per heavy atom. The van der Waals surface area contributed by atoms with Crippen molar-refractivity contribution in [2.24, 2.45) is 0 Å². The van der Waals surface area contributed by atoms with E-state index in [4.69, 9.17) is 16.4 Å². The van der Waals surface area contributed by atoms with Gasteiger partial charge in [0.25, 0.3) is 0 Å². The van der Waals surface area contributed by atoms with Gasteiger partial charge in [-0.2, -0.15) is 5.26 Å². The van der Waals surface area contributed by atoms with Gasteiger partial charge < -0.3 is 15.5 Å². The molecule has 1 aliphatic carbocycles. The highest BCUT2D eigenvalue weighted by Crippen LogP contribution is 2.24. The molecule has 0 radical (unpaired) electrons. The number of rotatable bonds is 5. The maximum Gasteiger partial charge on any atom is 0.431 e. The molecule has 2 heterocycles. The Balaban J connectivity index is 1.65. The van der Waals surface area contributed by atoms with Crippen LogP contribution < -0.4 is 16.1 Å². The predicted molar refractivity (Wildman–Crippen MR) is 106 cm³/mol. The maximum atomic E-state index is 11.9. The number of nitrogens with one attached hydrogen (secondary N) is 3. The summed E-state index contributed by atoms with van der Waals surface area (Å²) < 4.78 is 0. The summed E-state index contributed by atoms with van der Waals surface area (Å²) in [5.74, 6) is 0.483. The number of hydrogen-bond acceptors (Lipinski definition) is 7. The van der Waals surface area contributed by atoms with Crippen LogP contribution in [0.1, 0.15) is 43.5 Å². The third kappa shape index (κ3) is 5.47. The second-order valence-corrected chi connectivity index (χ2v) is 7.08. The summed E-state index contributed by atoms with van der Waals surface area (Å²) in [4.78, 5) is 25.4. The lowest BCUT2D eigenvalue weighted by molar-refractivity contribution is 0.162. The number of carbonyl (C=O) groups excluding carboxylic acids is 1. The summed E-state index contributed by atoms with van der Waals surface area (Å²) in [5, 5.41) is 15.7. The van der Waals surface area contributed by atoms with Gasteiger partial charge in [0.15, 0.2) is 5.69 Å². The molecular formula is C19H21ClN6O2. The standard InChI is InChI=1S/C19H21ClN6O2/c1-12-7-13(20)8-18(23-12)25-16-9-15(11-22-17(16)10-21)26-28-19(27)24-14-5-3-2-4-6-14/h7-9,11,14,26H,2-6H2,1H3,(H,23,25)(H,24,27). The number of nitriles is 1. The minimum Gasteiger partial charge on any atom is -0.338 e. The minimum absolute atomic E-state index is 0.150. The molecule has 0 aliphatic heterocycles. The molecule has 0 unspecified atom stereocenters. The van der Waals surface area contributed by atoms with Crippen molar-refractivity contribution in [3.8, 4) is 6.07 Å². The number of nitrogens with zero attached hydrogens (tertiary/aromatic N) is 3. The van der Waals surface area contributed by atoms with Gasteiger partial charge in [-0.25, -0.2) is 20.2 Å². The van der Waals surface area contributed by atoms with Crippen LogP contribution in [0.15, 0.2) is 24.4 Å². The van der Waals surface area contributed by atoms with Crippen molar-refractivity contribution < 1.29 is 9.63 Å². The van der Waals surface area contributed by atoms with E-state index in [0.29, 0.717) is 22.2 Å². The van der Waals surface area contributed by atoms with Gasteiger partial charge in [-0.3, -0.25) is 0 Å².